The topological polar surface area (TPSA) is 17.3 Å². The summed E-state index contributed by atoms with van der Waals surface area (Å²) in [5.41, 5.74) is 12.8. The highest BCUT2D eigenvalue weighted by atomic mass is 19.2. The van der Waals surface area contributed by atoms with Crippen molar-refractivity contribution >= 4 is 18.7 Å². The minimum absolute atomic E-state index is 0.0379. The molecule has 0 N–H and O–H groups in total. The molecule has 0 saturated heterocycles. The van der Waals surface area contributed by atoms with Crippen LogP contribution in [0.3, 0.4) is 0 Å². The summed E-state index contributed by atoms with van der Waals surface area (Å²) in [5, 5.41) is 0. The summed E-state index contributed by atoms with van der Waals surface area (Å²) in [5.74, 6) is 0. The summed E-state index contributed by atoms with van der Waals surface area (Å²) >= 11 is 0. The lowest BCUT2D eigenvalue weighted by Gasteiger charge is -2.21. The third-order valence-corrected chi connectivity index (χ3v) is 8.57. The predicted molar refractivity (Wildman–Crippen MR) is 185 cm³/mol. The first-order chi connectivity index (χ1) is 20.5. The van der Waals surface area contributed by atoms with Crippen molar-refractivity contribution in [3.8, 4) is 22.3 Å². The largest absolute Gasteiger partial charge is 0.677 e. The van der Waals surface area contributed by atoms with Crippen LogP contribution in [0, 0.1) is 13.8 Å². The Labute approximate surface area is 262 Å². The standard InChI is InChI=1S/C39H43BF2N2/c1-24-19-26(3)43-36(24)35(37-25(2)20-27(4)44(37)40(41)42)32-22-30(28-11-15-33(16-12-28)38(5,6)7)21-31(23-32)29-13-17-34(18-14-29)39(8,9)10/h11-23H,1-10H3/b36-35-. The van der Waals surface area contributed by atoms with Gasteiger partial charge in [0.15, 0.2) is 0 Å². The van der Waals surface area contributed by atoms with Crippen molar-refractivity contribution < 1.29 is 8.63 Å². The van der Waals surface area contributed by atoms with E-state index in [0.717, 1.165) is 60.4 Å². The highest BCUT2D eigenvalue weighted by molar-refractivity contribution is 6.41. The third-order valence-electron chi connectivity index (χ3n) is 8.57. The van der Waals surface area contributed by atoms with Crippen molar-refractivity contribution in [2.24, 2.45) is 4.99 Å². The van der Waals surface area contributed by atoms with Crippen molar-refractivity contribution in [3.05, 3.63) is 124 Å². The normalized spacial score (nSPS) is 14.9. The number of aromatic nitrogens is 1. The molecule has 44 heavy (non-hydrogen) atoms. The van der Waals surface area contributed by atoms with E-state index in [1.165, 1.54) is 11.1 Å². The van der Waals surface area contributed by atoms with Crippen LogP contribution in [0.5, 0.6) is 0 Å². The molecule has 2 nitrogen and oxygen atoms in total. The van der Waals surface area contributed by atoms with Crippen LogP contribution in [0.15, 0.2) is 95.1 Å². The zero-order valence-corrected chi connectivity index (χ0v) is 27.7. The quantitative estimate of drug-likeness (QED) is 0.206. The molecule has 0 saturated carbocycles. The van der Waals surface area contributed by atoms with Gasteiger partial charge in [-0.05, 0) is 119 Å². The number of hydrogen-bond acceptors (Lipinski definition) is 1. The van der Waals surface area contributed by atoms with Crippen molar-refractivity contribution in [2.75, 3.05) is 0 Å². The summed E-state index contributed by atoms with van der Waals surface area (Å²) < 4.78 is 30.5. The smallest absolute Gasteiger partial charge is 0.329 e. The van der Waals surface area contributed by atoms with Gasteiger partial charge in [-0.25, -0.2) is 0 Å². The molecule has 2 heterocycles. The minimum atomic E-state index is -2.68. The van der Waals surface area contributed by atoms with Gasteiger partial charge in [0.2, 0.25) is 0 Å². The Hall–Kier alpha value is -3.99. The maximum Gasteiger partial charge on any atom is 0.677 e. The summed E-state index contributed by atoms with van der Waals surface area (Å²) in [7, 11) is -2.68. The SMILES string of the molecule is CC1=CC(C)=N/C1=C(/c1cc(-c2ccc(C(C)(C)C)cc2)cc(-c2ccc(C(C)(C)C)cc2)c1)c1c(C)cc(C)n1B(F)F. The molecule has 4 aromatic rings. The van der Waals surface area contributed by atoms with Gasteiger partial charge in [0.1, 0.15) is 0 Å². The van der Waals surface area contributed by atoms with Crippen molar-refractivity contribution in [3.63, 3.8) is 0 Å². The van der Waals surface area contributed by atoms with Gasteiger partial charge in [0.05, 0.1) is 5.70 Å². The van der Waals surface area contributed by atoms with E-state index in [1.54, 1.807) is 6.92 Å². The van der Waals surface area contributed by atoms with Gasteiger partial charge in [-0.2, -0.15) is 0 Å². The highest BCUT2D eigenvalue weighted by Gasteiger charge is 2.30. The molecule has 0 bridgehead atoms. The van der Waals surface area contributed by atoms with E-state index in [0.29, 0.717) is 11.4 Å². The lowest BCUT2D eigenvalue weighted by atomic mass is 9.84. The number of aryl methyl sites for hydroxylation is 2. The second kappa shape index (κ2) is 11.5. The number of benzene rings is 3. The van der Waals surface area contributed by atoms with Crippen LogP contribution < -0.4 is 0 Å². The van der Waals surface area contributed by atoms with E-state index >= 15 is 0 Å². The molecule has 1 aliphatic rings. The first-order valence-corrected chi connectivity index (χ1v) is 15.4. The molecule has 0 fully saturated rings. The molecular formula is C39H43BF2N2. The van der Waals surface area contributed by atoms with E-state index in [1.807, 2.05) is 32.9 Å². The molecule has 0 atom stereocenters. The summed E-state index contributed by atoms with van der Waals surface area (Å²) in [4.78, 5) is 4.90. The van der Waals surface area contributed by atoms with Crippen LogP contribution in [-0.2, 0) is 10.8 Å². The van der Waals surface area contributed by atoms with E-state index in [-0.39, 0.29) is 10.8 Å². The second-order valence-corrected chi connectivity index (χ2v) is 14.2. The van der Waals surface area contributed by atoms with E-state index in [4.69, 9.17) is 4.99 Å². The maximum absolute atomic E-state index is 14.7. The molecule has 0 spiro atoms. The molecular weight excluding hydrogens is 545 g/mol. The van der Waals surface area contributed by atoms with Gasteiger partial charge in [-0.3, -0.25) is 13.6 Å². The van der Waals surface area contributed by atoms with E-state index < -0.39 is 7.40 Å². The lowest BCUT2D eigenvalue weighted by molar-refractivity contribution is 0.590. The summed E-state index contributed by atoms with van der Waals surface area (Å²) in [6.45, 7) is 20.9. The number of halogens is 2. The first kappa shape index (κ1) is 31.4. The van der Waals surface area contributed by atoms with Crippen LogP contribution in [0.1, 0.15) is 89.0 Å². The van der Waals surface area contributed by atoms with Crippen LogP contribution in [0.25, 0.3) is 27.8 Å². The van der Waals surface area contributed by atoms with Gasteiger partial charge >= 0.3 is 7.40 Å². The molecule has 0 amide bonds. The average Bonchev–Trinajstić information content (AvgIpc) is 3.43. The Morgan fingerprint density at radius 1 is 0.659 bits per heavy atom. The van der Waals surface area contributed by atoms with Crippen LogP contribution >= 0.6 is 0 Å². The zero-order valence-electron chi connectivity index (χ0n) is 27.7. The molecule has 0 aliphatic carbocycles. The monoisotopic (exact) mass is 588 g/mol. The lowest BCUT2D eigenvalue weighted by Crippen LogP contribution is -2.18. The molecule has 1 aliphatic heterocycles. The number of hydrogen-bond donors (Lipinski definition) is 0. The number of nitrogens with zero attached hydrogens (tertiary/aromatic N) is 2. The van der Waals surface area contributed by atoms with Gasteiger partial charge < -0.3 is 4.48 Å². The fraction of sp³-hybridized carbons (Fsp3) is 0.308. The molecule has 0 radical (unpaired) electrons. The second-order valence-electron chi connectivity index (χ2n) is 14.2. The average molecular weight is 589 g/mol. The molecule has 5 heteroatoms. The van der Waals surface area contributed by atoms with Gasteiger partial charge in [-0.15, -0.1) is 0 Å². The summed E-state index contributed by atoms with van der Waals surface area (Å²) in [6, 6.07) is 25.7. The fourth-order valence-electron chi connectivity index (χ4n) is 6.13. The fourth-order valence-corrected chi connectivity index (χ4v) is 6.13. The van der Waals surface area contributed by atoms with Crippen molar-refractivity contribution in [2.45, 2.75) is 80.1 Å². The molecule has 1 aromatic heterocycles. The number of allylic oxidation sites excluding steroid dienone is 2. The highest BCUT2D eigenvalue weighted by Crippen LogP contribution is 2.41. The van der Waals surface area contributed by atoms with Crippen molar-refractivity contribution in [1.82, 2.24) is 4.48 Å². The Kier molecular flexibility index (Phi) is 8.22. The predicted octanol–water partition coefficient (Wildman–Crippen LogP) is 11.0. The molecule has 0 unspecified atom stereocenters. The Morgan fingerprint density at radius 3 is 1.52 bits per heavy atom. The first-order valence-electron chi connectivity index (χ1n) is 15.4. The van der Waals surface area contributed by atoms with E-state index in [2.05, 4.69) is 108 Å². The molecule has 226 valence electrons. The number of rotatable bonds is 5. The van der Waals surface area contributed by atoms with Crippen LogP contribution in [0.2, 0.25) is 0 Å². The minimum Gasteiger partial charge on any atom is -0.329 e. The Balaban J connectivity index is 1.82. The summed E-state index contributed by atoms with van der Waals surface area (Å²) in [6.07, 6.45) is 2.02. The molecule has 5 rings (SSSR count). The van der Waals surface area contributed by atoms with Gasteiger partial charge in [0, 0.05) is 22.7 Å². The zero-order chi connectivity index (χ0) is 32.1. The van der Waals surface area contributed by atoms with Crippen molar-refractivity contribution in [1.29, 1.82) is 0 Å². The maximum atomic E-state index is 14.7. The van der Waals surface area contributed by atoms with Crippen LogP contribution in [-0.4, -0.2) is 17.6 Å². The van der Waals surface area contributed by atoms with Crippen LogP contribution in [0.4, 0.5) is 8.63 Å². The van der Waals surface area contributed by atoms with Gasteiger partial charge in [0.25, 0.3) is 0 Å². The third kappa shape index (κ3) is 6.15. The Morgan fingerprint density at radius 2 is 1.14 bits per heavy atom. The van der Waals surface area contributed by atoms with Gasteiger partial charge in [-0.1, -0.05) is 90.1 Å². The van der Waals surface area contributed by atoms with E-state index in [9.17, 15) is 8.63 Å². The Bertz CT molecular complexity index is 1730. The number of aliphatic imine (C=N–C) groups is 1. The molecule has 3 aromatic carbocycles.